The SMILES string of the molecule is COC(=O)c1c(NC(=S)Nc2ccn(Cc3c(F)c(F)c(F)c(F)c3F)n2)sc2c1CCC(C)C2. The van der Waals surface area contributed by atoms with Crippen molar-refractivity contribution in [3.63, 3.8) is 0 Å². The van der Waals surface area contributed by atoms with E-state index in [9.17, 15) is 26.7 Å². The van der Waals surface area contributed by atoms with Crippen molar-refractivity contribution in [2.75, 3.05) is 17.7 Å². The summed E-state index contributed by atoms with van der Waals surface area (Å²) >= 11 is 6.73. The highest BCUT2D eigenvalue weighted by Gasteiger charge is 2.29. The second kappa shape index (κ2) is 9.90. The van der Waals surface area contributed by atoms with Crippen molar-refractivity contribution in [3.8, 4) is 0 Å². The highest BCUT2D eigenvalue weighted by atomic mass is 32.1. The first-order valence-electron chi connectivity index (χ1n) is 10.4. The second-order valence-electron chi connectivity index (χ2n) is 8.07. The quantitative estimate of drug-likeness (QED) is 0.151. The molecule has 1 unspecified atom stereocenters. The molecule has 0 saturated heterocycles. The number of halogens is 5. The maximum Gasteiger partial charge on any atom is 0.341 e. The van der Waals surface area contributed by atoms with Crippen LogP contribution in [0.2, 0.25) is 0 Å². The number of carbonyl (C=O) groups excluding carboxylic acids is 1. The Morgan fingerprint density at radius 2 is 1.83 bits per heavy atom. The average molecular weight is 531 g/mol. The molecule has 13 heteroatoms. The molecule has 0 aliphatic heterocycles. The minimum atomic E-state index is -2.22. The van der Waals surface area contributed by atoms with E-state index in [-0.39, 0.29) is 10.9 Å². The van der Waals surface area contributed by atoms with Crippen molar-refractivity contribution in [3.05, 3.63) is 62.9 Å². The number of carbonyl (C=O) groups is 1. The highest BCUT2D eigenvalue weighted by Crippen LogP contribution is 2.40. The molecular weight excluding hydrogens is 511 g/mol. The van der Waals surface area contributed by atoms with Crippen LogP contribution in [0.25, 0.3) is 0 Å². The molecular formula is C22H19F5N4O2S2. The van der Waals surface area contributed by atoms with Crippen molar-refractivity contribution >= 4 is 45.5 Å². The molecule has 0 amide bonds. The maximum absolute atomic E-state index is 14.0. The van der Waals surface area contributed by atoms with Crippen LogP contribution in [0.1, 0.15) is 39.7 Å². The molecule has 0 radical (unpaired) electrons. The first-order valence-corrected chi connectivity index (χ1v) is 11.7. The predicted octanol–water partition coefficient (Wildman–Crippen LogP) is 5.41. The Morgan fingerprint density at radius 3 is 2.49 bits per heavy atom. The Morgan fingerprint density at radius 1 is 1.17 bits per heavy atom. The Bertz CT molecular complexity index is 1290. The van der Waals surface area contributed by atoms with Crippen LogP contribution in [0.5, 0.6) is 0 Å². The Labute approximate surface area is 206 Å². The van der Waals surface area contributed by atoms with Crippen LogP contribution in [0, 0.1) is 35.0 Å². The lowest BCUT2D eigenvalue weighted by Gasteiger charge is -2.18. The molecule has 1 aliphatic rings. The first kappa shape index (κ1) is 25.0. The standard InChI is InChI=1S/C22H19F5N4O2S2/c1-9-3-4-10-12(7-9)35-20(14(10)21(32)33-2)29-22(34)28-13-5-6-31(30-13)8-11-15(23)17(25)19(27)18(26)16(11)24/h5-6,9H,3-4,7-8H2,1-2H3,(H2,28,29,30,34). The molecule has 2 heterocycles. The summed E-state index contributed by atoms with van der Waals surface area (Å²) < 4.78 is 74.0. The largest absolute Gasteiger partial charge is 0.465 e. The maximum atomic E-state index is 14.0. The Hall–Kier alpha value is -3.06. The van der Waals surface area contributed by atoms with E-state index in [1.165, 1.54) is 30.7 Å². The number of aromatic nitrogens is 2. The molecule has 1 aromatic carbocycles. The molecule has 2 N–H and O–H groups in total. The smallest absolute Gasteiger partial charge is 0.341 e. The molecule has 0 saturated carbocycles. The van der Waals surface area contributed by atoms with Crippen LogP contribution >= 0.6 is 23.6 Å². The third-order valence-corrected chi connectivity index (χ3v) is 7.01. The number of methoxy groups -OCH3 is 1. The van der Waals surface area contributed by atoms with Gasteiger partial charge >= 0.3 is 5.97 Å². The topological polar surface area (TPSA) is 68.2 Å². The van der Waals surface area contributed by atoms with Gasteiger partial charge in [0.2, 0.25) is 5.82 Å². The zero-order valence-corrected chi connectivity index (χ0v) is 20.1. The number of thiophene rings is 1. The zero-order chi connectivity index (χ0) is 25.4. The van der Waals surface area contributed by atoms with Gasteiger partial charge in [0, 0.05) is 17.1 Å². The van der Waals surface area contributed by atoms with E-state index in [1.807, 2.05) is 0 Å². The molecule has 35 heavy (non-hydrogen) atoms. The van der Waals surface area contributed by atoms with Gasteiger partial charge in [-0.25, -0.2) is 26.7 Å². The van der Waals surface area contributed by atoms with Crippen LogP contribution in [-0.4, -0.2) is 28.0 Å². The van der Waals surface area contributed by atoms with Crippen LogP contribution in [-0.2, 0) is 24.1 Å². The minimum absolute atomic E-state index is 0.0864. The first-order chi connectivity index (χ1) is 16.6. The lowest BCUT2D eigenvalue weighted by Crippen LogP contribution is -2.21. The number of anilines is 2. The summed E-state index contributed by atoms with van der Waals surface area (Å²) in [6, 6.07) is 1.41. The van der Waals surface area contributed by atoms with E-state index in [0.717, 1.165) is 34.4 Å². The summed E-state index contributed by atoms with van der Waals surface area (Å²) in [6.07, 6.45) is 3.83. The van der Waals surface area contributed by atoms with Crippen molar-refractivity contribution in [2.45, 2.75) is 32.7 Å². The number of hydrogen-bond acceptors (Lipinski definition) is 5. The van der Waals surface area contributed by atoms with E-state index in [4.69, 9.17) is 17.0 Å². The van der Waals surface area contributed by atoms with E-state index in [2.05, 4.69) is 22.7 Å². The number of nitrogens with one attached hydrogen (secondary N) is 2. The lowest BCUT2D eigenvalue weighted by molar-refractivity contribution is 0.0601. The molecule has 0 fully saturated rings. The summed E-state index contributed by atoms with van der Waals surface area (Å²) in [7, 11) is 1.30. The molecule has 0 spiro atoms. The van der Waals surface area contributed by atoms with Gasteiger partial charge < -0.3 is 15.4 Å². The number of benzene rings is 1. The minimum Gasteiger partial charge on any atom is -0.465 e. The monoisotopic (exact) mass is 530 g/mol. The van der Waals surface area contributed by atoms with Gasteiger partial charge in [0.15, 0.2) is 34.2 Å². The van der Waals surface area contributed by atoms with E-state index < -0.39 is 47.2 Å². The summed E-state index contributed by atoms with van der Waals surface area (Å²) in [5, 5.41) is 10.4. The zero-order valence-electron chi connectivity index (χ0n) is 18.5. The van der Waals surface area contributed by atoms with Gasteiger partial charge in [0.25, 0.3) is 0 Å². The fraction of sp³-hybridized carbons (Fsp3) is 0.318. The van der Waals surface area contributed by atoms with Gasteiger partial charge in [0.1, 0.15) is 5.00 Å². The molecule has 0 bridgehead atoms. The number of nitrogens with zero attached hydrogens (tertiary/aromatic N) is 2. The van der Waals surface area contributed by atoms with Gasteiger partial charge in [-0.2, -0.15) is 5.10 Å². The summed E-state index contributed by atoms with van der Waals surface area (Å²) in [4.78, 5) is 13.5. The third kappa shape index (κ3) is 4.87. The number of hydrogen-bond donors (Lipinski definition) is 2. The fourth-order valence-electron chi connectivity index (χ4n) is 3.88. The van der Waals surface area contributed by atoms with E-state index in [1.54, 1.807) is 0 Å². The van der Waals surface area contributed by atoms with Gasteiger partial charge in [-0.05, 0) is 43.0 Å². The summed E-state index contributed by atoms with van der Waals surface area (Å²) in [5.74, 6) is -9.95. The van der Waals surface area contributed by atoms with Crippen LogP contribution < -0.4 is 10.6 Å². The van der Waals surface area contributed by atoms with Gasteiger partial charge in [-0.15, -0.1) is 11.3 Å². The van der Waals surface area contributed by atoms with Crippen molar-refractivity contribution < 1.29 is 31.5 Å². The van der Waals surface area contributed by atoms with Crippen molar-refractivity contribution in [1.29, 1.82) is 0 Å². The molecule has 1 aliphatic carbocycles. The number of rotatable bonds is 5. The molecule has 6 nitrogen and oxygen atoms in total. The number of fused-ring (bicyclic) bond motifs is 1. The van der Waals surface area contributed by atoms with E-state index >= 15 is 0 Å². The molecule has 3 aromatic rings. The van der Waals surface area contributed by atoms with Crippen molar-refractivity contribution in [2.24, 2.45) is 5.92 Å². The predicted molar refractivity (Wildman–Crippen MR) is 124 cm³/mol. The normalized spacial score (nSPS) is 15.0. The van der Waals surface area contributed by atoms with E-state index in [0.29, 0.717) is 16.5 Å². The number of esters is 1. The van der Waals surface area contributed by atoms with Crippen LogP contribution in [0.4, 0.5) is 32.8 Å². The number of ether oxygens (including phenoxy) is 1. The van der Waals surface area contributed by atoms with Gasteiger partial charge in [-0.1, -0.05) is 6.92 Å². The second-order valence-corrected chi connectivity index (χ2v) is 9.59. The average Bonchev–Trinajstić information content (AvgIpc) is 3.41. The lowest BCUT2D eigenvalue weighted by atomic mass is 9.88. The molecule has 1 atom stereocenters. The van der Waals surface area contributed by atoms with Gasteiger partial charge in [0.05, 0.1) is 24.8 Å². The highest BCUT2D eigenvalue weighted by molar-refractivity contribution is 7.80. The molecule has 2 aromatic heterocycles. The Balaban J connectivity index is 1.50. The van der Waals surface area contributed by atoms with Crippen LogP contribution in [0.15, 0.2) is 12.3 Å². The van der Waals surface area contributed by atoms with Gasteiger partial charge in [-0.3, -0.25) is 4.68 Å². The third-order valence-electron chi connectivity index (χ3n) is 5.63. The number of thiocarbonyl (C=S) groups is 1. The van der Waals surface area contributed by atoms with Crippen LogP contribution in [0.3, 0.4) is 0 Å². The molecule has 4 rings (SSSR count). The van der Waals surface area contributed by atoms with Crippen molar-refractivity contribution in [1.82, 2.24) is 9.78 Å². The fourth-order valence-corrected chi connectivity index (χ4v) is 5.55. The Kier molecular flexibility index (Phi) is 7.08. The summed E-state index contributed by atoms with van der Waals surface area (Å²) in [5.41, 5.74) is 0.357. The molecule has 186 valence electrons. The summed E-state index contributed by atoms with van der Waals surface area (Å²) in [6.45, 7) is 1.44.